The van der Waals surface area contributed by atoms with E-state index < -0.39 is 0 Å². The minimum absolute atomic E-state index is 0.00546. The van der Waals surface area contributed by atoms with Crippen LogP contribution in [-0.2, 0) is 11.2 Å². The Morgan fingerprint density at radius 2 is 2.00 bits per heavy atom. The number of pyridine rings is 1. The van der Waals surface area contributed by atoms with Crippen LogP contribution in [0.4, 0.5) is 0 Å². The quantitative estimate of drug-likeness (QED) is 0.905. The Morgan fingerprint density at radius 3 is 2.67 bits per heavy atom. The maximum atomic E-state index is 12.3. The molecule has 0 aliphatic rings. The minimum Gasteiger partial charge on any atom is -0.351 e. The van der Waals surface area contributed by atoms with Crippen molar-refractivity contribution in [3.8, 4) is 0 Å². The summed E-state index contributed by atoms with van der Waals surface area (Å²) in [7, 11) is 0. The summed E-state index contributed by atoms with van der Waals surface area (Å²) in [5, 5.41) is 4.09. The molecule has 0 bridgehead atoms. The predicted octanol–water partition coefficient (Wildman–Crippen LogP) is 2.27. The van der Waals surface area contributed by atoms with E-state index in [0.29, 0.717) is 13.0 Å². The summed E-state index contributed by atoms with van der Waals surface area (Å²) in [6.45, 7) is 6.25. The van der Waals surface area contributed by atoms with E-state index in [1.807, 2.05) is 51.1 Å². The van der Waals surface area contributed by atoms with Crippen molar-refractivity contribution in [1.82, 2.24) is 10.3 Å². The molecular weight excluding hydrogens is 262 g/mol. The number of nitrogens with zero attached hydrogens (tertiary/aromatic N) is 1. The number of amides is 1. The molecule has 0 aliphatic heterocycles. The number of aromatic nitrogens is 1. The molecule has 4 nitrogen and oxygen atoms in total. The smallest absolute Gasteiger partial charge is 0.225 e. The van der Waals surface area contributed by atoms with E-state index in [4.69, 9.17) is 5.73 Å². The van der Waals surface area contributed by atoms with Gasteiger partial charge in [-0.15, -0.1) is 0 Å². The topological polar surface area (TPSA) is 68.0 Å². The summed E-state index contributed by atoms with van der Waals surface area (Å²) in [4.78, 5) is 16.7. The third kappa shape index (κ3) is 4.02. The van der Waals surface area contributed by atoms with Crippen LogP contribution in [0.2, 0.25) is 0 Å². The van der Waals surface area contributed by atoms with Gasteiger partial charge in [-0.25, -0.2) is 0 Å². The lowest BCUT2D eigenvalue weighted by Crippen LogP contribution is -2.46. The van der Waals surface area contributed by atoms with Gasteiger partial charge in [-0.1, -0.05) is 18.2 Å². The molecule has 1 heterocycles. The molecule has 1 atom stereocenters. The number of nitrogens with one attached hydrogen (secondary N) is 1. The second kappa shape index (κ2) is 6.22. The Kier molecular flexibility index (Phi) is 4.58. The normalized spacial score (nSPS) is 13.1. The van der Waals surface area contributed by atoms with Crippen molar-refractivity contribution in [1.29, 1.82) is 0 Å². The SMILES string of the molecule is CC(C)(C)NC(=O)C(CN)Cc1ccnc2ccccc12. The molecule has 0 radical (unpaired) electrons. The van der Waals surface area contributed by atoms with E-state index in [-0.39, 0.29) is 17.4 Å². The zero-order valence-electron chi connectivity index (χ0n) is 12.9. The van der Waals surface area contributed by atoms with Gasteiger partial charge in [0.15, 0.2) is 0 Å². The number of carbonyl (C=O) groups is 1. The van der Waals surface area contributed by atoms with Crippen molar-refractivity contribution in [2.75, 3.05) is 6.54 Å². The molecule has 3 N–H and O–H groups in total. The number of rotatable bonds is 4. The Labute approximate surface area is 125 Å². The highest BCUT2D eigenvalue weighted by atomic mass is 16.2. The maximum Gasteiger partial charge on any atom is 0.225 e. The van der Waals surface area contributed by atoms with Crippen LogP contribution in [0.3, 0.4) is 0 Å². The summed E-state index contributed by atoms with van der Waals surface area (Å²) in [5.41, 5.74) is 7.62. The number of nitrogens with two attached hydrogens (primary N) is 1. The molecule has 1 aromatic heterocycles. The highest BCUT2D eigenvalue weighted by Gasteiger charge is 2.22. The van der Waals surface area contributed by atoms with Crippen molar-refractivity contribution in [3.05, 3.63) is 42.1 Å². The van der Waals surface area contributed by atoms with Crippen molar-refractivity contribution < 1.29 is 4.79 Å². The van der Waals surface area contributed by atoms with Crippen LogP contribution >= 0.6 is 0 Å². The summed E-state index contributed by atoms with van der Waals surface area (Å²) in [6.07, 6.45) is 2.41. The molecule has 0 saturated heterocycles. The largest absolute Gasteiger partial charge is 0.351 e. The lowest BCUT2D eigenvalue weighted by atomic mass is 9.95. The van der Waals surface area contributed by atoms with Crippen LogP contribution in [0.15, 0.2) is 36.5 Å². The number of hydrogen-bond acceptors (Lipinski definition) is 3. The molecule has 1 unspecified atom stereocenters. The lowest BCUT2D eigenvalue weighted by Gasteiger charge is -2.24. The van der Waals surface area contributed by atoms with Crippen molar-refractivity contribution >= 4 is 16.8 Å². The summed E-state index contributed by atoms with van der Waals surface area (Å²) in [5.74, 6) is -0.221. The van der Waals surface area contributed by atoms with Gasteiger partial charge in [-0.3, -0.25) is 9.78 Å². The Morgan fingerprint density at radius 1 is 1.29 bits per heavy atom. The van der Waals surface area contributed by atoms with E-state index in [1.54, 1.807) is 6.20 Å². The second-order valence-electron chi connectivity index (χ2n) is 6.36. The number of fused-ring (bicyclic) bond motifs is 1. The molecule has 1 aromatic carbocycles. The van der Waals surface area contributed by atoms with Gasteiger partial charge >= 0.3 is 0 Å². The molecule has 0 aliphatic carbocycles. The van der Waals surface area contributed by atoms with Crippen LogP contribution < -0.4 is 11.1 Å². The molecule has 21 heavy (non-hydrogen) atoms. The van der Waals surface area contributed by atoms with Crippen LogP contribution in [0.25, 0.3) is 10.9 Å². The molecule has 2 aromatic rings. The van der Waals surface area contributed by atoms with Gasteiger partial charge in [0.05, 0.1) is 11.4 Å². The molecular formula is C17H23N3O. The average molecular weight is 285 g/mol. The molecule has 0 saturated carbocycles. The molecule has 4 heteroatoms. The zero-order valence-corrected chi connectivity index (χ0v) is 12.9. The van der Waals surface area contributed by atoms with E-state index in [9.17, 15) is 4.79 Å². The van der Waals surface area contributed by atoms with Gasteiger partial charge in [-0.2, -0.15) is 0 Å². The highest BCUT2D eigenvalue weighted by Crippen LogP contribution is 2.19. The van der Waals surface area contributed by atoms with Crippen LogP contribution in [0.5, 0.6) is 0 Å². The van der Waals surface area contributed by atoms with Crippen molar-refractivity contribution in [2.45, 2.75) is 32.7 Å². The van der Waals surface area contributed by atoms with E-state index >= 15 is 0 Å². The fourth-order valence-corrected chi connectivity index (χ4v) is 2.35. The van der Waals surface area contributed by atoms with E-state index in [0.717, 1.165) is 16.5 Å². The van der Waals surface area contributed by atoms with Gasteiger partial charge in [-0.05, 0) is 44.9 Å². The standard InChI is InChI=1S/C17H23N3O/c1-17(2,3)20-16(21)13(11-18)10-12-8-9-19-15-7-5-4-6-14(12)15/h4-9,13H,10-11,18H2,1-3H3,(H,20,21). The first-order valence-electron chi connectivity index (χ1n) is 7.25. The van der Waals surface area contributed by atoms with Gasteiger partial charge in [0.25, 0.3) is 0 Å². The first-order valence-corrected chi connectivity index (χ1v) is 7.25. The van der Waals surface area contributed by atoms with E-state index in [2.05, 4.69) is 10.3 Å². The van der Waals surface area contributed by atoms with Gasteiger partial charge in [0, 0.05) is 23.7 Å². The fourth-order valence-electron chi connectivity index (χ4n) is 2.35. The Balaban J connectivity index is 2.23. The third-order valence-electron chi connectivity index (χ3n) is 3.36. The minimum atomic E-state index is -0.245. The molecule has 0 spiro atoms. The molecule has 1 amide bonds. The maximum absolute atomic E-state index is 12.3. The fraction of sp³-hybridized carbons (Fsp3) is 0.412. The van der Waals surface area contributed by atoms with E-state index in [1.165, 1.54) is 0 Å². The van der Waals surface area contributed by atoms with Crippen LogP contribution in [-0.4, -0.2) is 23.0 Å². The first-order chi connectivity index (χ1) is 9.90. The van der Waals surface area contributed by atoms with Gasteiger partial charge < -0.3 is 11.1 Å². The number of para-hydroxylation sites is 1. The summed E-state index contributed by atoms with van der Waals surface area (Å²) < 4.78 is 0. The van der Waals surface area contributed by atoms with Gasteiger partial charge in [0.2, 0.25) is 5.91 Å². The second-order valence-corrected chi connectivity index (χ2v) is 6.36. The van der Waals surface area contributed by atoms with Gasteiger partial charge in [0.1, 0.15) is 0 Å². The van der Waals surface area contributed by atoms with Crippen LogP contribution in [0.1, 0.15) is 26.3 Å². The molecule has 0 fully saturated rings. The monoisotopic (exact) mass is 285 g/mol. The number of benzene rings is 1. The Bertz CT molecular complexity index is 626. The number of hydrogen-bond donors (Lipinski definition) is 2. The highest BCUT2D eigenvalue weighted by molar-refractivity contribution is 5.84. The molecule has 2 rings (SSSR count). The summed E-state index contributed by atoms with van der Waals surface area (Å²) >= 11 is 0. The first kappa shape index (κ1) is 15.4. The third-order valence-corrected chi connectivity index (χ3v) is 3.36. The van der Waals surface area contributed by atoms with Crippen molar-refractivity contribution in [2.24, 2.45) is 11.7 Å². The predicted molar refractivity (Wildman–Crippen MR) is 85.9 cm³/mol. The average Bonchev–Trinajstić information content (AvgIpc) is 2.42. The zero-order chi connectivity index (χ0) is 15.5. The lowest BCUT2D eigenvalue weighted by molar-refractivity contribution is -0.126. The summed E-state index contributed by atoms with van der Waals surface area (Å²) in [6, 6.07) is 9.93. The Hall–Kier alpha value is -1.94. The van der Waals surface area contributed by atoms with Crippen molar-refractivity contribution in [3.63, 3.8) is 0 Å². The molecule has 112 valence electrons. The van der Waals surface area contributed by atoms with Crippen LogP contribution in [0, 0.1) is 5.92 Å². The number of carbonyl (C=O) groups excluding carboxylic acids is 1.